The Balaban J connectivity index is 1.62. The normalized spacial score (nSPS) is 19.1. The lowest BCUT2D eigenvalue weighted by molar-refractivity contribution is -0.305. The molecular weight excluding hydrogens is 490 g/mol. The Morgan fingerprint density at radius 1 is 0.949 bits per heavy atom. The first-order chi connectivity index (χ1) is 18.6. The second kappa shape index (κ2) is 10.5. The highest BCUT2D eigenvalue weighted by molar-refractivity contribution is 6.06. The fourth-order valence-corrected chi connectivity index (χ4v) is 5.55. The summed E-state index contributed by atoms with van der Waals surface area (Å²) < 4.78 is 0. The van der Waals surface area contributed by atoms with Gasteiger partial charge in [0.25, 0.3) is 0 Å². The number of hydrogen-bond donors (Lipinski definition) is 1. The first-order valence-corrected chi connectivity index (χ1v) is 13.3. The van der Waals surface area contributed by atoms with Crippen molar-refractivity contribution in [2.75, 3.05) is 10.2 Å². The van der Waals surface area contributed by atoms with Crippen LogP contribution in [0.4, 0.5) is 11.4 Å². The molecule has 1 aliphatic heterocycles. The standard InChI is InChI=1S/C32H33N3O4/c1-32(2,3)23-10-8-20(9-11-23)22-18-25-30(27(36)19-22)31(21-14-16-33-17-15-21)35(28(37)12-13-29(38)39)26-7-5-4-6-24(26)34-25/h4-11,14-17,22,31,34H,12-13,18-19H2,1-3H3,(H,38,39)/p-1/t22-,31+/m0/s1. The van der Waals surface area contributed by atoms with Crippen LogP contribution < -0.4 is 15.3 Å². The zero-order valence-electron chi connectivity index (χ0n) is 22.4. The molecule has 0 spiro atoms. The number of rotatable bonds is 5. The minimum absolute atomic E-state index is 0.0108. The van der Waals surface area contributed by atoms with E-state index >= 15 is 0 Å². The molecule has 2 heterocycles. The van der Waals surface area contributed by atoms with Crippen LogP contribution in [0.15, 0.2) is 84.3 Å². The molecule has 0 fully saturated rings. The van der Waals surface area contributed by atoms with Gasteiger partial charge in [-0.1, -0.05) is 57.2 Å². The molecular formula is C32H32N3O4-. The van der Waals surface area contributed by atoms with Crippen molar-refractivity contribution in [1.82, 2.24) is 4.98 Å². The van der Waals surface area contributed by atoms with Crippen molar-refractivity contribution in [3.8, 4) is 0 Å². The zero-order valence-corrected chi connectivity index (χ0v) is 22.4. The van der Waals surface area contributed by atoms with Crippen molar-refractivity contribution in [3.63, 3.8) is 0 Å². The maximum atomic E-state index is 14.0. The second-order valence-electron chi connectivity index (χ2n) is 11.3. The third-order valence-electron chi connectivity index (χ3n) is 7.57. The van der Waals surface area contributed by atoms with Crippen LogP contribution in [0.3, 0.4) is 0 Å². The summed E-state index contributed by atoms with van der Waals surface area (Å²) in [4.78, 5) is 44.6. The molecule has 1 aromatic heterocycles. The molecule has 0 bridgehead atoms. The van der Waals surface area contributed by atoms with Gasteiger partial charge in [0.05, 0.1) is 17.4 Å². The Kier molecular flexibility index (Phi) is 7.08. The molecule has 2 aromatic carbocycles. The summed E-state index contributed by atoms with van der Waals surface area (Å²) in [6, 6.07) is 18.8. The highest BCUT2D eigenvalue weighted by Gasteiger charge is 2.41. The van der Waals surface area contributed by atoms with E-state index in [9.17, 15) is 19.5 Å². The molecule has 0 unspecified atom stereocenters. The van der Waals surface area contributed by atoms with Gasteiger partial charge < -0.3 is 15.2 Å². The molecule has 7 heteroatoms. The number of para-hydroxylation sites is 2. The van der Waals surface area contributed by atoms with Gasteiger partial charge in [-0.15, -0.1) is 0 Å². The second-order valence-corrected chi connectivity index (χ2v) is 11.3. The summed E-state index contributed by atoms with van der Waals surface area (Å²) in [6.07, 6.45) is 3.55. The van der Waals surface area contributed by atoms with Gasteiger partial charge in [-0.2, -0.15) is 0 Å². The fourth-order valence-electron chi connectivity index (χ4n) is 5.55. The lowest BCUT2D eigenvalue weighted by atomic mass is 9.77. The highest BCUT2D eigenvalue weighted by Crippen LogP contribution is 2.47. The van der Waals surface area contributed by atoms with Gasteiger partial charge >= 0.3 is 0 Å². The fraction of sp³-hybridized carbons (Fsp3) is 0.312. The number of nitrogens with zero attached hydrogens (tertiary/aromatic N) is 2. The van der Waals surface area contributed by atoms with E-state index in [-0.39, 0.29) is 23.5 Å². The molecule has 1 amide bonds. The number of benzene rings is 2. The average molecular weight is 523 g/mol. The Morgan fingerprint density at radius 2 is 1.64 bits per heavy atom. The van der Waals surface area contributed by atoms with Gasteiger partial charge in [-0.3, -0.25) is 19.5 Å². The number of hydrogen-bond acceptors (Lipinski definition) is 6. The Labute approximate surface area is 228 Å². The van der Waals surface area contributed by atoms with E-state index in [4.69, 9.17) is 0 Å². The summed E-state index contributed by atoms with van der Waals surface area (Å²) >= 11 is 0. The number of carboxylic acids is 1. The summed E-state index contributed by atoms with van der Waals surface area (Å²) in [7, 11) is 0. The van der Waals surface area contributed by atoms with E-state index in [1.54, 1.807) is 29.4 Å². The van der Waals surface area contributed by atoms with E-state index in [0.29, 0.717) is 29.8 Å². The molecule has 2 aliphatic rings. The van der Waals surface area contributed by atoms with Crippen molar-refractivity contribution < 1.29 is 19.5 Å². The van der Waals surface area contributed by atoms with Crippen LogP contribution in [-0.2, 0) is 19.8 Å². The van der Waals surface area contributed by atoms with Crippen LogP contribution in [0.5, 0.6) is 0 Å². The molecule has 0 saturated carbocycles. The molecule has 3 aromatic rings. The van der Waals surface area contributed by atoms with Crippen molar-refractivity contribution in [2.24, 2.45) is 0 Å². The Hall–Kier alpha value is -4.26. The van der Waals surface area contributed by atoms with Crippen LogP contribution in [0, 0.1) is 0 Å². The molecule has 2 atom stereocenters. The number of carbonyl (C=O) groups is 3. The number of aliphatic carboxylic acids is 1. The topological polar surface area (TPSA) is 102 Å². The molecule has 39 heavy (non-hydrogen) atoms. The molecule has 0 saturated heterocycles. The van der Waals surface area contributed by atoms with Crippen LogP contribution in [0.2, 0.25) is 0 Å². The predicted molar refractivity (Wildman–Crippen MR) is 148 cm³/mol. The van der Waals surface area contributed by atoms with Gasteiger partial charge in [0.1, 0.15) is 0 Å². The quantitative estimate of drug-likeness (QED) is 0.516. The number of Topliss-reactive ketones (excluding diaryl/α,β-unsaturated/α-hetero) is 1. The minimum Gasteiger partial charge on any atom is -0.550 e. The van der Waals surface area contributed by atoms with Gasteiger partial charge in [-0.25, -0.2) is 0 Å². The SMILES string of the molecule is CC(C)(C)c1ccc([C@@H]2CC(=O)C3=C(C2)Nc2ccccc2N(C(=O)CCC(=O)[O-])[C@@H]3c2ccncc2)cc1. The smallest absolute Gasteiger partial charge is 0.228 e. The van der Waals surface area contributed by atoms with Crippen LogP contribution in [0.1, 0.15) is 75.1 Å². The third-order valence-corrected chi connectivity index (χ3v) is 7.57. The number of nitrogens with one attached hydrogen (secondary N) is 1. The highest BCUT2D eigenvalue weighted by atomic mass is 16.4. The van der Waals surface area contributed by atoms with E-state index in [1.807, 2.05) is 24.3 Å². The maximum absolute atomic E-state index is 14.0. The minimum atomic E-state index is -1.29. The van der Waals surface area contributed by atoms with Crippen molar-refractivity contribution in [2.45, 2.75) is 63.8 Å². The largest absolute Gasteiger partial charge is 0.550 e. The maximum Gasteiger partial charge on any atom is 0.228 e. The number of fused-ring (bicyclic) bond motifs is 1. The molecule has 0 radical (unpaired) electrons. The summed E-state index contributed by atoms with van der Waals surface area (Å²) in [5, 5.41) is 14.7. The van der Waals surface area contributed by atoms with Crippen LogP contribution >= 0.6 is 0 Å². The first kappa shape index (κ1) is 26.4. The third kappa shape index (κ3) is 5.35. The first-order valence-electron chi connectivity index (χ1n) is 13.3. The van der Waals surface area contributed by atoms with E-state index < -0.39 is 24.3 Å². The Bertz CT molecular complexity index is 1440. The number of aromatic nitrogens is 1. The number of anilines is 2. The van der Waals surface area contributed by atoms with Gasteiger partial charge in [0, 0.05) is 42.5 Å². The number of carbonyl (C=O) groups excluding carboxylic acids is 3. The molecule has 1 N–H and O–H groups in total. The number of carboxylic acid groups (broad SMARTS) is 1. The summed E-state index contributed by atoms with van der Waals surface area (Å²) in [5.74, 6) is -1.74. The molecule has 5 rings (SSSR count). The van der Waals surface area contributed by atoms with E-state index in [2.05, 4.69) is 55.3 Å². The van der Waals surface area contributed by atoms with E-state index in [0.717, 1.165) is 16.8 Å². The summed E-state index contributed by atoms with van der Waals surface area (Å²) in [6.45, 7) is 6.53. The zero-order chi connectivity index (χ0) is 27.7. The number of amides is 1. The monoisotopic (exact) mass is 522 g/mol. The summed E-state index contributed by atoms with van der Waals surface area (Å²) in [5.41, 5.74) is 5.70. The average Bonchev–Trinajstić information content (AvgIpc) is 3.06. The van der Waals surface area contributed by atoms with Crippen molar-refractivity contribution in [1.29, 1.82) is 0 Å². The van der Waals surface area contributed by atoms with Gasteiger partial charge in [-0.05, 0) is 65.1 Å². The lowest BCUT2D eigenvalue weighted by Gasteiger charge is -2.35. The van der Waals surface area contributed by atoms with Crippen LogP contribution in [0.25, 0.3) is 0 Å². The molecule has 200 valence electrons. The number of ketones is 1. The van der Waals surface area contributed by atoms with Crippen LogP contribution in [-0.4, -0.2) is 22.6 Å². The van der Waals surface area contributed by atoms with Crippen molar-refractivity contribution in [3.05, 3.63) is 101 Å². The lowest BCUT2D eigenvalue weighted by Crippen LogP contribution is -2.39. The van der Waals surface area contributed by atoms with Gasteiger partial charge in [0.15, 0.2) is 5.78 Å². The van der Waals surface area contributed by atoms with Crippen molar-refractivity contribution >= 4 is 29.0 Å². The predicted octanol–water partition coefficient (Wildman–Crippen LogP) is 4.81. The Morgan fingerprint density at radius 3 is 2.31 bits per heavy atom. The number of allylic oxidation sites excluding steroid dienone is 1. The van der Waals surface area contributed by atoms with Gasteiger partial charge in [0.2, 0.25) is 5.91 Å². The molecule has 7 nitrogen and oxygen atoms in total. The number of pyridine rings is 1. The van der Waals surface area contributed by atoms with E-state index in [1.165, 1.54) is 5.56 Å². The molecule has 1 aliphatic carbocycles.